The van der Waals surface area contributed by atoms with Gasteiger partial charge in [-0.1, -0.05) is 35.4 Å². The number of sulfonamides is 1. The highest BCUT2D eigenvalue weighted by molar-refractivity contribution is 7.92. The van der Waals surface area contributed by atoms with Crippen molar-refractivity contribution >= 4 is 33.2 Å². The van der Waals surface area contributed by atoms with Crippen LogP contribution >= 0.6 is 11.6 Å². The van der Waals surface area contributed by atoms with Crippen molar-refractivity contribution in [3.05, 3.63) is 87.9 Å². The Morgan fingerprint density at radius 3 is 2.34 bits per heavy atom. The SMILES string of the molecule is Cc1ccc(S(=O)(=O)Nc2ccc(Cl)c(C(=O)NCCOc3ccc(C)c(C)c3)c2)cc1. The first kappa shape index (κ1) is 23.6. The molecule has 0 aliphatic heterocycles. The van der Waals surface area contributed by atoms with Gasteiger partial charge < -0.3 is 10.1 Å². The number of ether oxygens (including phenoxy) is 1. The quantitative estimate of drug-likeness (QED) is 0.458. The number of carbonyl (C=O) groups excluding carboxylic acids is 1. The molecule has 3 aromatic rings. The number of halogens is 1. The Balaban J connectivity index is 1.62. The van der Waals surface area contributed by atoms with Crippen LogP contribution in [-0.2, 0) is 10.0 Å². The van der Waals surface area contributed by atoms with Gasteiger partial charge in [0.05, 0.1) is 22.0 Å². The molecule has 0 atom stereocenters. The van der Waals surface area contributed by atoms with E-state index in [1.54, 1.807) is 12.1 Å². The smallest absolute Gasteiger partial charge is 0.261 e. The molecule has 32 heavy (non-hydrogen) atoms. The Bertz CT molecular complexity index is 1230. The van der Waals surface area contributed by atoms with E-state index in [4.69, 9.17) is 16.3 Å². The Labute approximate surface area is 193 Å². The largest absolute Gasteiger partial charge is 0.492 e. The van der Waals surface area contributed by atoms with Gasteiger partial charge in [-0.05, 0) is 74.4 Å². The molecule has 0 aliphatic rings. The minimum atomic E-state index is -3.79. The molecule has 0 aromatic heterocycles. The van der Waals surface area contributed by atoms with Crippen molar-refractivity contribution in [3.63, 3.8) is 0 Å². The Kier molecular flexibility index (Phi) is 7.43. The molecule has 3 rings (SSSR count). The summed E-state index contributed by atoms with van der Waals surface area (Å²) in [6, 6.07) is 16.7. The molecule has 6 nitrogen and oxygen atoms in total. The van der Waals surface area contributed by atoms with Gasteiger partial charge in [0, 0.05) is 5.69 Å². The van der Waals surface area contributed by atoms with Gasteiger partial charge in [-0.25, -0.2) is 8.42 Å². The van der Waals surface area contributed by atoms with Crippen LogP contribution in [0.15, 0.2) is 65.6 Å². The monoisotopic (exact) mass is 472 g/mol. The van der Waals surface area contributed by atoms with Crippen molar-refractivity contribution in [2.75, 3.05) is 17.9 Å². The van der Waals surface area contributed by atoms with Crippen molar-refractivity contribution in [1.82, 2.24) is 5.32 Å². The molecule has 168 valence electrons. The lowest BCUT2D eigenvalue weighted by Gasteiger charge is -2.12. The maximum atomic E-state index is 12.6. The van der Waals surface area contributed by atoms with E-state index < -0.39 is 15.9 Å². The van der Waals surface area contributed by atoms with Gasteiger partial charge in [0.2, 0.25) is 0 Å². The van der Waals surface area contributed by atoms with Gasteiger partial charge in [0.15, 0.2) is 0 Å². The molecule has 0 fully saturated rings. The number of nitrogens with one attached hydrogen (secondary N) is 2. The second-order valence-corrected chi connectivity index (χ2v) is 9.55. The standard InChI is InChI=1S/C24H25ClN2O4S/c1-16-4-9-21(10-5-16)32(29,30)27-19-7-11-23(25)22(15-19)24(28)26-12-13-31-20-8-6-17(2)18(3)14-20/h4-11,14-15,27H,12-13H2,1-3H3,(H,26,28). The number of anilines is 1. The third kappa shape index (κ3) is 6.02. The fourth-order valence-electron chi connectivity index (χ4n) is 2.93. The van der Waals surface area contributed by atoms with E-state index in [1.807, 2.05) is 39.0 Å². The summed E-state index contributed by atoms with van der Waals surface area (Å²) in [5.74, 6) is 0.308. The van der Waals surface area contributed by atoms with Crippen LogP contribution in [0.25, 0.3) is 0 Å². The zero-order valence-electron chi connectivity index (χ0n) is 18.1. The van der Waals surface area contributed by atoms with E-state index in [2.05, 4.69) is 10.0 Å². The molecule has 0 heterocycles. The van der Waals surface area contributed by atoms with Crippen LogP contribution in [0.2, 0.25) is 5.02 Å². The topological polar surface area (TPSA) is 84.5 Å². The van der Waals surface area contributed by atoms with Crippen LogP contribution in [0, 0.1) is 20.8 Å². The van der Waals surface area contributed by atoms with Gasteiger partial charge in [-0.15, -0.1) is 0 Å². The molecule has 8 heteroatoms. The summed E-state index contributed by atoms with van der Waals surface area (Å²) in [7, 11) is -3.79. The number of rotatable bonds is 8. The predicted molar refractivity (Wildman–Crippen MR) is 127 cm³/mol. The highest BCUT2D eigenvalue weighted by Gasteiger charge is 2.17. The maximum Gasteiger partial charge on any atom is 0.261 e. The zero-order valence-corrected chi connectivity index (χ0v) is 19.7. The number of hydrogen-bond acceptors (Lipinski definition) is 4. The molecule has 0 unspecified atom stereocenters. The molecule has 1 amide bonds. The number of amides is 1. The molecule has 0 saturated carbocycles. The van der Waals surface area contributed by atoms with Gasteiger partial charge in [0.1, 0.15) is 12.4 Å². The second kappa shape index (κ2) is 10.1. The summed E-state index contributed by atoms with van der Waals surface area (Å²) in [4.78, 5) is 12.7. The van der Waals surface area contributed by atoms with Crippen LogP contribution < -0.4 is 14.8 Å². The van der Waals surface area contributed by atoms with Crippen LogP contribution in [0.5, 0.6) is 5.75 Å². The fourth-order valence-corrected chi connectivity index (χ4v) is 4.18. The molecule has 0 saturated heterocycles. The average Bonchev–Trinajstić information content (AvgIpc) is 2.75. The van der Waals surface area contributed by atoms with E-state index in [9.17, 15) is 13.2 Å². The summed E-state index contributed by atoms with van der Waals surface area (Å²) in [5.41, 5.74) is 3.67. The Morgan fingerprint density at radius 2 is 1.66 bits per heavy atom. The predicted octanol–water partition coefficient (Wildman–Crippen LogP) is 4.87. The van der Waals surface area contributed by atoms with Crippen molar-refractivity contribution in [3.8, 4) is 5.75 Å². The first-order chi connectivity index (χ1) is 15.2. The van der Waals surface area contributed by atoms with E-state index in [-0.39, 0.29) is 34.3 Å². The fraction of sp³-hybridized carbons (Fsp3) is 0.208. The normalized spacial score (nSPS) is 11.1. The van der Waals surface area contributed by atoms with Crippen molar-refractivity contribution in [1.29, 1.82) is 0 Å². The summed E-state index contributed by atoms with van der Waals surface area (Å²) < 4.78 is 33.4. The summed E-state index contributed by atoms with van der Waals surface area (Å²) in [6.07, 6.45) is 0. The molecular formula is C24H25ClN2O4S. The van der Waals surface area contributed by atoms with Crippen molar-refractivity contribution in [2.24, 2.45) is 0 Å². The summed E-state index contributed by atoms with van der Waals surface area (Å²) in [6.45, 7) is 6.46. The van der Waals surface area contributed by atoms with Crippen molar-refractivity contribution in [2.45, 2.75) is 25.7 Å². The van der Waals surface area contributed by atoms with E-state index >= 15 is 0 Å². The molecular weight excluding hydrogens is 448 g/mol. The molecule has 2 N–H and O–H groups in total. The number of aryl methyl sites for hydroxylation is 3. The lowest BCUT2D eigenvalue weighted by molar-refractivity contribution is 0.0947. The van der Waals surface area contributed by atoms with Gasteiger partial charge in [0.25, 0.3) is 15.9 Å². The first-order valence-electron chi connectivity index (χ1n) is 10.0. The number of carbonyl (C=O) groups is 1. The molecule has 3 aromatic carbocycles. The van der Waals surface area contributed by atoms with E-state index in [0.717, 1.165) is 16.9 Å². The molecule has 0 radical (unpaired) electrons. The zero-order chi connectivity index (χ0) is 23.3. The van der Waals surface area contributed by atoms with Crippen molar-refractivity contribution < 1.29 is 17.9 Å². The first-order valence-corrected chi connectivity index (χ1v) is 11.9. The number of hydrogen-bond donors (Lipinski definition) is 2. The Hall–Kier alpha value is -3.03. The minimum Gasteiger partial charge on any atom is -0.492 e. The highest BCUT2D eigenvalue weighted by Crippen LogP contribution is 2.23. The molecule has 0 bridgehead atoms. The number of benzene rings is 3. The van der Waals surface area contributed by atoms with E-state index in [0.29, 0.717) is 0 Å². The third-order valence-electron chi connectivity index (χ3n) is 4.93. The van der Waals surface area contributed by atoms with Crippen LogP contribution in [0.3, 0.4) is 0 Å². The highest BCUT2D eigenvalue weighted by atomic mass is 35.5. The Morgan fingerprint density at radius 1 is 0.938 bits per heavy atom. The summed E-state index contributed by atoms with van der Waals surface area (Å²) in [5, 5.41) is 2.96. The average molecular weight is 473 g/mol. The second-order valence-electron chi connectivity index (χ2n) is 7.46. The van der Waals surface area contributed by atoms with Gasteiger partial charge in [-0.3, -0.25) is 9.52 Å². The summed E-state index contributed by atoms with van der Waals surface area (Å²) >= 11 is 6.17. The van der Waals surface area contributed by atoms with E-state index in [1.165, 1.54) is 35.9 Å². The lowest BCUT2D eigenvalue weighted by Crippen LogP contribution is -2.28. The lowest BCUT2D eigenvalue weighted by atomic mass is 10.1. The molecule has 0 aliphatic carbocycles. The molecule has 0 spiro atoms. The van der Waals surface area contributed by atoms with Crippen LogP contribution in [-0.4, -0.2) is 27.5 Å². The third-order valence-corrected chi connectivity index (χ3v) is 6.66. The van der Waals surface area contributed by atoms with Gasteiger partial charge in [-0.2, -0.15) is 0 Å². The van der Waals surface area contributed by atoms with Crippen LogP contribution in [0.1, 0.15) is 27.0 Å². The minimum absolute atomic E-state index is 0.132. The maximum absolute atomic E-state index is 12.6. The van der Waals surface area contributed by atoms with Gasteiger partial charge >= 0.3 is 0 Å². The van der Waals surface area contributed by atoms with Crippen LogP contribution in [0.4, 0.5) is 5.69 Å².